The number of hydrogen-bond donors (Lipinski definition) is 0. The molecule has 1 aromatic rings. The van der Waals surface area contributed by atoms with Crippen LogP contribution in [0.15, 0.2) is 36.4 Å². The monoisotopic (exact) mass is 274 g/mol. The van der Waals surface area contributed by atoms with Gasteiger partial charge in [0.2, 0.25) is 0 Å². The number of para-hydroxylation sites is 2. The molecule has 0 heterocycles. The molecule has 0 amide bonds. The van der Waals surface area contributed by atoms with E-state index in [-0.39, 0.29) is 6.10 Å². The zero-order valence-electron chi connectivity index (χ0n) is 12.2. The van der Waals surface area contributed by atoms with Crippen molar-refractivity contribution in [1.29, 1.82) is 0 Å². The average Bonchev–Trinajstić information content (AvgIpc) is 2.43. The van der Waals surface area contributed by atoms with E-state index in [9.17, 15) is 4.79 Å². The maximum absolute atomic E-state index is 11.6. The Labute approximate surface area is 120 Å². The van der Waals surface area contributed by atoms with Gasteiger partial charge < -0.3 is 9.47 Å². The van der Waals surface area contributed by atoms with Crippen molar-refractivity contribution in [1.82, 2.24) is 0 Å². The number of carbonyl (C=O) groups excluding carboxylic acids is 1. The lowest BCUT2D eigenvalue weighted by Crippen LogP contribution is -2.23. The third-order valence-electron chi connectivity index (χ3n) is 3.66. The molecule has 108 valence electrons. The van der Waals surface area contributed by atoms with Gasteiger partial charge in [-0.15, -0.1) is 0 Å². The molecule has 1 fully saturated rings. The van der Waals surface area contributed by atoms with Gasteiger partial charge >= 0.3 is 5.97 Å². The molecule has 0 bridgehead atoms. The Morgan fingerprint density at radius 3 is 2.35 bits per heavy atom. The fourth-order valence-corrected chi connectivity index (χ4v) is 2.35. The second-order valence-electron chi connectivity index (χ2n) is 5.62. The highest BCUT2D eigenvalue weighted by Crippen LogP contribution is 2.32. The number of esters is 1. The third-order valence-corrected chi connectivity index (χ3v) is 3.66. The molecule has 0 saturated heterocycles. The second-order valence-corrected chi connectivity index (χ2v) is 5.62. The van der Waals surface area contributed by atoms with Crippen LogP contribution < -0.4 is 9.47 Å². The van der Waals surface area contributed by atoms with E-state index in [1.54, 1.807) is 13.0 Å². The second kappa shape index (κ2) is 6.60. The summed E-state index contributed by atoms with van der Waals surface area (Å²) in [5.41, 5.74) is 0.381. The Morgan fingerprint density at radius 1 is 1.15 bits per heavy atom. The summed E-state index contributed by atoms with van der Waals surface area (Å²) in [5.74, 6) is 1.48. The molecule has 0 N–H and O–H groups in total. The van der Waals surface area contributed by atoms with Gasteiger partial charge in [0.1, 0.15) is 0 Å². The molecule has 0 unspecified atom stereocenters. The number of benzene rings is 1. The summed E-state index contributed by atoms with van der Waals surface area (Å²) in [6.07, 6.45) is 4.72. The smallest absolute Gasteiger partial charge is 0.338 e. The summed E-state index contributed by atoms with van der Waals surface area (Å²) < 4.78 is 11.3. The topological polar surface area (TPSA) is 35.5 Å². The van der Waals surface area contributed by atoms with Gasteiger partial charge in [0.25, 0.3) is 0 Å². The van der Waals surface area contributed by atoms with E-state index in [1.165, 1.54) is 12.8 Å². The fraction of sp³-hybridized carbons (Fsp3) is 0.471. The van der Waals surface area contributed by atoms with Crippen LogP contribution in [0.25, 0.3) is 0 Å². The molecule has 3 nitrogen and oxygen atoms in total. The van der Waals surface area contributed by atoms with Crippen LogP contribution in [0.4, 0.5) is 0 Å². The van der Waals surface area contributed by atoms with Crippen LogP contribution in [-0.4, -0.2) is 12.1 Å². The summed E-state index contributed by atoms with van der Waals surface area (Å²) in [6, 6.07) is 7.32. The average molecular weight is 274 g/mol. The Balaban J connectivity index is 2.04. The van der Waals surface area contributed by atoms with Crippen molar-refractivity contribution in [3.8, 4) is 11.5 Å². The first-order chi connectivity index (χ1) is 9.56. The van der Waals surface area contributed by atoms with Gasteiger partial charge in [-0.05, 0) is 50.7 Å². The van der Waals surface area contributed by atoms with E-state index >= 15 is 0 Å². The van der Waals surface area contributed by atoms with E-state index in [0.29, 0.717) is 17.1 Å². The van der Waals surface area contributed by atoms with Gasteiger partial charge in [0, 0.05) is 5.57 Å². The van der Waals surface area contributed by atoms with E-state index in [1.807, 2.05) is 18.2 Å². The third kappa shape index (κ3) is 3.86. The van der Waals surface area contributed by atoms with Gasteiger partial charge in [-0.1, -0.05) is 25.6 Å². The first-order valence-electron chi connectivity index (χ1n) is 7.19. The molecular formula is C17H22O3. The maximum Gasteiger partial charge on any atom is 0.338 e. The minimum atomic E-state index is -0.418. The van der Waals surface area contributed by atoms with E-state index in [2.05, 4.69) is 13.5 Å². The van der Waals surface area contributed by atoms with E-state index < -0.39 is 5.97 Å². The Kier molecular flexibility index (Phi) is 4.83. The number of ether oxygens (including phenoxy) is 2. The van der Waals surface area contributed by atoms with E-state index in [0.717, 1.165) is 18.8 Å². The summed E-state index contributed by atoms with van der Waals surface area (Å²) in [7, 11) is 0. The zero-order valence-corrected chi connectivity index (χ0v) is 12.2. The molecule has 1 aromatic carbocycles. The highest BCUT2D eigenvalue weighted by atomic mass is 16.6. The van der Waals surface area contributed by atoms with Crippen molar-refractivity contribution in [3.05, 3.63) is 36.4 Å². The van der Waals surface area contributed by atoms with Gasteiger partial charge in [-0.3, -0.25) is 0 Å². The molecular weight excluding hydrogens is 252 g/mol. The van der Waals surface area contributed by atoms with Gasteiger partial charge in [0.15, 0.2) is 11.5 Å². The van der Waals surface area contributed by atoms with Crippen molar-refractivity contribution >= 4 is 5.97 Å². The molecule has 0 atom stereocenters. The van der Waals surface area contributed by atoms with Crippen molar-refractivity contribution in [3.63, 3.8) is 0 Å². The molecule has 0 radical (unpaired) electrons. The van der Waals surface area contributed by atoms with Gasteiger partial charge in [-0.2, -0.15) is 0 Å². The zero-order chi connectivity index (χ0) is 14.5. The van der Waals surface area contributed by atoms with Crippen molar-refractivity contribution in [2.24, 2.45) is 5.92 Å². The van der Waals surface area contributed by atoms with Crippen molar-refractivity contribution in [2.75, 3.05) is 0 Å². The number of carbonyl (C=O) groups is 1. The largest absolute Gasteiger partial charge is 0.487 e. The highest BCUT2D eigenvalue weighted by Gasteiger charge is 2.21. The van der Waals surface area contributed by atoms with Crippen LogP contribution in [0.3, 0.4) is 0 Å². The van der Waals surface area contributed by atoms with Crippen LogP contribution in [0.5, 0.6) is 11.5 Å². The van der Waals surface area contributed by atoms with Crippen molar-refractivity contribution < 1.29 is 14.3 Å². The Bertz CT molecular complexity index is 485. The number of hydrogen-bond acceptors (Lipinski definition) is 3. The van der Waals surface area contributed by atoms with Crippen LogP contribution in [0, 0.1) is 5.92 Å². The standard InChI is InChI=1S/C17H22O3/c1-12(2)17(18)20-16-7-5-4-6-15(16)19-14-10-8-13(3)9-11-14/h4-7,13-14H,1,8-11H2,2-3H3. The molecule has 2 rings (SSSR count). The first kappa shape index (κ1) is 14.6. The summed E-state index contributed by atoms with van der Waals surface area (Å²) >= 11 is 0. The predicted octanol–water partition coefficient (Wildman–Crippen LogP) is 4.13. The van der Waals surface area contributed by atoms with Crippen LogP contribution in [-0.2, 0) is 4.79 Å². The molecule has 0 spiro atoms. The number of rotatable bonds is 4. The molecule has 1 saturated carbocycles. The summed E-state index contributed by atoms with van der Waals surface area (Å²) in [4.78, 5) is 11.6. The lowest BCUT2D eigenvalue weighted by molar-refractivity contribution is -0.130. The fourth-order valence-electron chi connectivity index (χ4n) is 2.35. The molecule has 1 aliphatic carbocycles. The van der Waals surface area contributed by atoms with Gasteiger partial charge in [0.05, 0.1) is 6.10 Å². The molecule has 0 aliphatic heterocycles. The lowest BCUT2D eigenvalue weighted by Gasteiger charge is -2.27. The maximum atomic E-state index is 11.6. The SMILES string of the molecule is C=C(C)C(=O)Oc1ccccc1OC1CCC(C)CC1. The van der Waals surface area contributed by atoms with Crippen LogP contribution in [0.1, 0.15) is 39.5 Å². The lowest BCUT2D eigenvalue weighted by atomic mass is 9.89. The van der Waals surface area contributed by atoms with Crippen molar-refractivity contribution in [2.45, 2.75) is 45.6 Å². The Morgan fingerprint density at radius 2 is 1.75 bits per heavy atom. The van der Waals surface area contributed by atoms with Crippen LogP contribution >= 0.6 is 0 Å². The molecule has 0 aromatic heterocycles. The predicted molar refractivity (Wildman–Crippen MR) is 78.9 cm³/mol. The first-order valence-corrected chi connectivity index (χ1v) is 7.19. The van der Waals surface area contributed by atoms with Gasteiger partial charge in [-0.25, -0.2) is 4.79 Å². The minimum absolute atomic E-state index is 0.218. The van der Waals surface area contributed by atoms with Crippen LogP contribution in [0.2, 0.25) is 0 Å². The molecule has 20 heavy (non-hydrogen) atoms. The minimum Gasteiger partial charge on any atom is -0.487 e. The summed E-state index contributed by atoms with van der Waals surface area (Å²) in [5, 5.41) is 0. The molecule has 3 heteroatoms. The highest BCUT2D eigenvalue weighted by molar-refractivity contribution is 5.89. The summed E-state index contributed by atoms with van der Waals surface area (Å²) in [6.45, 7) is 7.50. The normalized spacial score (nSPS) is 22.1. The quantitative estimate of drug-likeness (QED) is 0.470. The van der Waals surface area contributed by atoms with E-state index in [4.69, 9.17) is 9.47 Å². The Hall–Kier alpha value is -1.77. The molecule has 1 aliphatic rings.